The highest BCUT2D eigenvalue weighted by Crippen LogP contribution is 2.14. The molecule has 0 aliphatic rings. The molecule has 0 spiro atoms. The van der Waals surface area contributed by atoms with E-state index in [-0.39, 0.29) is 17.4 Å². The number of rotatable bonds is 3. The van der Waals surface area contributed by atoms with Gasteiger partial charge >= 0.3 is 0 Å². The topological polar surface area (TPSA) is 77.1 Å². The van der Waals surface area contributed by atoms with Crippen LogP contribution < -0.4 is 5.32 Å². The van der Waals surface area contributed by atoms with E-state index >= 15 is 0 Å². The Bertz CT molecular complexity index is 1070. The number of aryl methyl sites for hydroxylation is 1. The van der Waals surface area contributed by atoms with Crippen LogP contribution in [-0.2, 0) is 0 Å². The van der Waals surface area contributed by atoms with Gasteiger partial charge in [-0.25, -0.2) is 19.0 Å². The van der Waals surface area contributed by atoms with Crippen LogP contribution in [0.1, 0.15) is 16.2 Å². The van der Waals surface area contributed by atoms with E-state index in [1.54, 1.807) is 45.9 Å². The number of fused-ring (bicyclic) bond motifs is 1. The SMILES string of the molecule is Cc1cc(C(=O)Nc2cnc3nccn3c2)nn1-c1ccc(F)cc1. The molecule has 0 saturated carbocycles. The molecule has 0 unspecified atom stereocenters. The molecule has 3 aromatic heterocycles. The molecule has 8 heteroatoms. The first-order valence-corrected chi connectivity index (χ1v) is 7.53. The molecule has 0 fully saturated rings. The van der Waals surface area contributed by atoms with E-state index in [1.165, 1.54) is 18.3 Å². The number of carbonyl (C=O) groups excluding carboxylic acids is 1. The summed E-state index contributed by atoms with van der Waals surface area (Å²) in [6.07, 6.45) is 6.62. The lowest BCUT2D eigenvalue weighted by molar-refractivity contribution is 0.102. The number of imidazole rings is 1. The quantitative estimate of drug-likeness (QED) is 0.624. The molecule has 1 aromatic carbocycles. The Labute approximate surface area is 141 Å². The van der Waals surface area contributed by atoms with Crippen LogP contribution in [0.15, 0.2) is 55.1 Å². The Morgan fingerprint density at radius 3 is 2.80 bits per heavy atom. The van der Waals surface area contributed by atoms with Crippen molar-refractivity contribution in [1.29, 1.82) is 0 Å². The lowest BCUT2D eigenvalue weighted by atomic mass is 10.3. The number of carbonyl (C=O) groups is 1. The van der Waals surface area contributed by atoms with Crippen molar-refractivity contribution >= 4 is 17.4 Å². The Morgan fingerprint density at radius 2 is 2.00 bits per heavy atom. The Kier molecular flexibility index (Phi) is 3.50. The van der Waals surface area contributed by atoms with Crippen molar-refractivity contribution in [3.63, 3.8) is 0 Å². The average molecular weight is 336 g/mol. The molecule has 4 rings (SSSR count). The molecule has 0 saturated heterocycles. The van der Waals surface area contributed by atoms with Gasteiger partial charge in [-0.15, -0.1) is 0 Å². The summed E-state index contributed by atoms with van der Waals surface area (Å²) in [5.74, 6) is -0.131. The molecule has 4 aromatic rings. The summed E-state index contributed by atoms with van der Waals surface area (Å²) in [6.45, 7) is 1.83. The zero-order chi connectivity index (χ0) is 17.4. The zero-order valence-corrected chi connectivity index (χ0v) is 13.2. The summed E-state index contributed by atoms with van der Waals surface area (Å²) < 4.78 is 16.4. The van der Waals surface area contributed by atoms with Crippen LogP contribution in [-0.4, -0.2) is 30.1 Å². The van der Waals surface area contributed by atoms with Crippen LogP contribution in [0, 0.1) is 12.7 Å². The van der Waals surface area contributed by atoms with Gasteiger partial charge in [0.05, 0.1) is 17.6 Å². The standard InChI is InChI=1S/C17H13FN6O/c1-11-8-15(22-24(11)14-4-2-12(18)3-5-14)16(25)21-13-9-20-17-19-6-7-23(17)10-13/h2-10H,1H3,(H,21,25). The van der Waals surface area contributed by atoms with E-state index < -0.39 is 0 Å². The molecule has 1 amide bonds. The molecule has 3 heterocycles. The second-order valence-corrected chi connectivity index (χ2v) is 5.49. The number of amides is 1. The van der Waals surface area contributed by atoms with Gasteiger partial charge in [0.1, 0.15) is 5.82 Å². The molecule has 7 nitrogen and oxygen atoms in total. The van der Waals surface area contributed by atoms with Gasteiger partial charge in [-0.1, -0.05) is 0 Å². The molecule has 124 valence electrons. The summed E-state index contributed by atoms with van der Waals surface area (Å²) in [4.78, 5) is 20.6. The molecular formula is C17H13FN6O. The van der Waals surface area contributed by atoms with Crippen molar-refractivity contribution in [3.05, 3.63) is 72.3 Å². The highest BCUT2D eigenvalue weighted by atomic mass is 19.1. The second kappa shape index (κ2) is 5.82. The van der Waals surface area contributed by atoms with E-state index in [0.717, 1.165) is 5.69 Å². The highest BCUT2D eigenvalue weighted by Gasteiger charge is 2.14. The highest BCUT2D eigenvalue weighted by molar-refractivity contribution is 6.02. The number of nitrogens with zero attached hydrogens (tertiary/aromatic N) is 5. The van der Waals surface area contributed by atoms with E-state index in [0.29, 0.717) is 17.2 Å². The lowest BCUT2D eigenvalue weighted by Crippen LogP contribution is -2.14. The number of nitrogens with one attached hydrogen (secondary N) is 1. The van der Waals surface area contributed by atoms with E-state index in [9.17, 15) is 9.18 Å². The normalized spacial score (nSPS) is 11.0. The third kappa shape index (κ3) is 2.85. The monoisotopic (exact) mass is 336 g/mol. The van der Waals surface area contributed by atoms with E-state index in [4.69, 9.17) is 0 Å². The Balaban J connectivity index is 1.59. The Hall–Kier alpha value is -3.55. The Morgan fingerprint density at radius 1 is 1.20 bits per heavy atom. The van der Waals surface area contributed by atoms with Crippen LogP contribution in [0.4, 0.5) is 10.1 Å². The summed E-state index contributed by atoms with van der Waals surface area (Å²) in [5, 5.41) is 7.06. The van der Waals surface area contributed by atoms with Gasteiger partial charge in [-0.3, -0.25) is 9.20 Å². The molecule has 1 N–H and O–H groups in total. The van der Waals surface area contributed by atoms with Gasteiger partial charge in [0, 0.05) is 24.3 Å². The summed E-state index contributed by atoms with van der Waals surface area (Å²) in [7, 11) is 0. The molecular weight excluding hydrogens is 323 g/mol. The van der Waals surface area contributed by atoms with E-state index in [2.05, 4.69) is 20.4 Å². The lowest BCUT2D eigenvalue weighted by Gasteiger charge is -2.04. The number of benzene rings is 1. The molecule has 0 atom stereocenters. The fraction of sp³-hybridized carbons (Fsp3) is 0.0588. The van der Waals surface area contributed by atoms with Crippen LogP contribution in [0.3, 0.4) is 0 Å². The number of aromatic nitrogens is 5. The molecule has 0 aliphatic heterocycles. The van der Waals surface area contributed by atoms with Crippen molar-refractivity contribution in [2.75, 3.05) is 5.32 Å². The third-order valence-electron chi connectivity index (χ3n) is 3.69. The predicted octanol–water partition coefficient (Wildman–Crippen LogP) is 2.61. The van der Waals surface area contributed by atoms with Crippen molar-refractivity contribution in [2.24, 2.45) is 0 Å². The minimum atomic E-state index is -0.356. The van der Waals surface area contributed by atoms with E-state index in [1.807, 2.05) is 6.92 Å². The molecule has 0 radical (unpaired) electrons. The number of halogens is 1. The first kappa shape index (κ1) is 15.0. The van der Waals surface area contributed by atoms with Gasteiger partial charge < -0.3 is 5.32 Å². The van der Waals surface area contributed by atoms with Gasteiger partial charge in [0.25, 0.3) is 5.91 Å². The van der Waals surface area contributed by atoms with Crippen molar-refractivity contribution in [2.45, 2.75) is 6.92 Å². The second-order valence-electron chi connectivity index (χ2n) is 5.49. The fourth-order valence-corrected chi connectivity index (χ4v) is 2.51. The summed E-state index contributed by atoms with van der Waals surface area (Å²) in [5.41, 5.74) is 2.23. The fourth-order valence-electron chi connectivity index (χ4n) is 2.51. The van der Waals surface area contributed by atoms with Crippen LogP contribution in [0.5, 0.6) is 0 Å². The molecule has 25 heavy (non-hydrogen) atoms. The number of hydrogen-bond donors (Lipinski definition) is 1. The van der Waals surface area contributed by atoms with Crippen molar-refractivity contribution in [1.82, 2.24) is 24.1 Å². The van der Waals surface area contributed by atoms with Gasteiger partial charge in [-0.2, -0.15) is 5.10 Å². The van der Waals surface area contributed by atoms with Gasteiger partial charge in [0.15, 0.2) is 5.69 Å². The first-order valence-electron chi connectivity index (χ1n) is 7.53. The summed E-state index contributed by atoms with van der Waals surface area (Å²) >= 11 is 0. The zero-order valence-electron chi connectivity index (χ0n) is 13.2. The minimum absolute atomic E-state index is 0.257. The number of anilines is 1. The average Bonchev–Trinajstić information content (AvgIpc) is 3.22. The van der Waals surface area contributed by atoms with Crippen molar-refractivity contribution in [3.8, 4) is 5.69 Å². The minimum Gasteiger partial charge on any atom is -0.318 e. The van der Waals surface area contributed by atoms with Crippen LogP contribution >= 0.6 is 0 Å². The largest absolute Gasteiger partial charge is 0.318 e. The van der Waals surface area contributed by atoms with Crippen LogP contribution in [0.2, 0.25) is 0 Å². The maximum Gasteiger partial charge on any atom is 0.276 e. The summed E-state index contributed by atoms with van der Waals surface area (Å²) in [6, 6.07) is 7.58. The van der Waals surface area contributed by atoms with Gasteiger partial charge in [0.2, 0.25) is 5.78 Å². The number of hydrogen-bond acceptors (Lipinski definition) is 4. The predicted molar refractivity (Wildman–Crippen MR) is 89.2 cm³/mol. The maximum absolute atomic E-state index is 13.1. The maximum atomic E-state index is 13.1. The van der Waals surface area contributed by atoms with Gasteiger partial charge in [-0.05, 0) is 37.3 Å². The van der Waals surface area contributed by atoms with Crippen molar-refractivity contribution < 1.29 is 9.18 Å². The first-order chi connectivity index (χ1) is 12.1. The molecule has 0 aliphatic carbocycles. The smallest absolute Gasteiger partial charge is 0.276 e. The third-order valence-corrected chi connectivity index (χ3v) is 3.69. The van der Waals surface area contributed by atoms with Crippen LogP contribution in [0.25, 0.3) is 11.5 Å². The molecule has 0 bridgehead atoms.